The Balaban J connectivity index is 1.88. The van der Waals surface area contributed by atoms with Crippen LogP contribution >= 0.6 is 0 Å². The highest BCUT2D eigenvalue weighted by Gasteiger charge is 2.16. The van der Waals surface area contributed by atoms with E-state index in [9.17, 15) is 4.79 Å². The first-order chi connectivity index (χ1) is 11.9. The Morgan fingerprint density at radius 1 is 1.16 bits per heavy atom. The highest BCUT2D eigenvalue weighted by atomic mass is 16.5. The van der Waals surface area contributed by atoms with Crippen LogP contribution in [0.15, 0.2) is 18.2 Å². The molecule has 0 atom stereocenters. The van der Waals surface area contributed by atoms with E-state index in [-0.39, 0.29) is 18.1 Å². The van der Waals surface area contributed by atoms with Crippen molar-refractivity contribution in [2.24, 2.45) is 0 Å². The van der Waals surface area contributed by atoms with Crippen molar-refractivity contribution < 1.29 is 14.3 Å². The molecule has 2 N–H and O–H groups in total. The molecule has 0 aliphatic heterocycles. The van der Waals surface area contributed by atoms with Crippen molar-refractivity contribution in [1.82, 2.24) is 10.6 Å². The summed E-state index contributed by atoms with van der Waals surface area (Å²) in [6.07, 6.45) is 6.54. The Labute approximate surface area is 151 Å². The normalized spacial score (nSPS) is 15.7. The van der Waals surface area contributed by atoms with Gasteiger partial charge in [-0.3, -0.25) is 4.79 Å². The van der Waals surface area contributed by atoms with Crippen LogP contribution in [0.25, 0.3) is 0 Å². The van der Waals surface area contributed by atoms with Crippen LogP contribution in [0.3, 0.4) is 0 Å². The van der Waals surface area contributed by atoms with E-state index < -0.39 is 0 Å². The smallest absolute Gasteiger partial charge is 0.258 e. The lowest BCUT2D eigenvalue weighted by Gasteiger charge is -2.23. The molecule has 1 aromatic carbocycles. The maximum absolute atomic E-state index is 11.9. The summed E-state index contributed by atoms with van der Waals surface area (Å²) in [5.41, 5.74) is 0.896. The van der Waals surface area contributed by atoms with Crippen molar-refractivity contribution in [1.29, 1.82) is 0 Å². The van der Waals surface area contributed by atoms with Crippen molar-refractivity contribution in [2.45, 2.75) is 71.0 Å². The zero-order chi connectivity index (χ0) is 18.3. The number of amides is 1. The van der Waals surface area contributed by atoms with Gasteiger partial charge in [0, 0.05) is 18.1 Å². The van der Waals surface area contributed by atoms with E-state index in [4.69, 9.17) is 9.47 Å². The summed E-state index contributed by atoms with van der Waals surface area (Å²) < 4.78 is 11.1. The largest absolute Gasteiger partial charge is 0.493 e. The number of rotatable bonds is 7. The van der Waals surface area contributed by atoms with Gasteiger partial charge in [-0.15, -0.1) is 0 Å². The quantitative estimate of drug-likeness (QED) is 0.793. The summed E-state index contributed by atoms with van der Waals surface area (Å²) in [7, 11) is 1.62. The Morgan fingerprint density at radius 3 is 2.52 bits per heavy atom. The Bertz CT molecular complexity index is 561. The molecule has 5 nitrogen and oxygen atoms in total. The van der Waals surface area contributed by atoms with E-state index in [1.165, 1.54) is 32.1 Å². The van der Waals surface area contributed by atoms with E-state index in [1.807, 2.05) is 39.0 Å². The molecule has 140 valence electrons. The number of benzene rings is 1. The first-order valence-corrected chi connectivity index (χ1v) is 9.21. The SMILES string of the molecule is COc1cc(CNC2CCCCC2)ccc1OCC(=O)NC(C)(C)C. The van der Waals surface area contributed by atoms with Crippen LogP contribution in [0.5, 0.6) is 11.5 Å². The molecule has 5 heteroatoms. The second-order valence-corrected chi connectivity index (χ2v) is 7.79. The molecule has 1 amide bonds. The molecule has 0 saturated heterocycles. The summed E-state index contributed by atoms with van der Waals surface area (Å²) >= 11 is 0. The van der Waals surface area contributed by atoms with Crippen molar-refractivity contribution in [3.8, 4) is 11.5 Å². The molecule has 2 rings (SSSR count). The Kier molecular flexibility index (Phi) is 7.12. The molecule has 1 saturated carbocycles. The maximum atomic E-state index is 11.9. The lowest BCUT2D eigenvalue weighted by Crippen LogP contribution is -2.43. The second-order valence-electron chi connectivity index (χ2n) is 7.79. The molecule has 0 unspecified atom stereocenters. The summed E-state index contributed by atoms with van der Waals surface area (Å²) in [5, 5.41) is 6.50. The highest BCUT2D eigenvalue weighted by Crippen LogP contribution is 2.28. The minimum atomic E-state index is -0.265. The fourth-order valence-electron chi connectivity index (χ4n) is 3.11. The first kappa shape index (κ1) is 19.6. The Morgan fingerprint density at radius 2 is 1.88 bits per heavy atom. The molecule has 0 radical (unpaired) electrons. The van der Waals surface area contributed by atoms with Gasteiger partial charge in [-0.25, -0.2) is 0 Å². The lowest BCUT2D eigenvalue weighted by atomic mass is 9.95. The van der Waals surface area contributed by atoms with Crippen LogP contribution in [0, 0.1) is 0 Å². The molecule has 25 heavy (non-hydrogen) atoms. The van der Waals surface area contributed by atoms with E-state index in [0.717, 1.165) is 12.1 Å². The fraction of sp³-hybridized carbons (Fsp3) is 0.650. The zero-order valence-corrected chi connectivity index (χ0v) is 16.0. The highest BCUT2D eigenvalue weighted by molar-refractivity contribution is 5.78. The van der Waals surface area contributed by atoms with Gasteiger partial charge in [-0.2, -0.15) is 0 Å². The van der Waals surface area contributed by atoms with Gasteiger partial charge in [-0.1, -0.05) is 25.3 Å². The summed E-state index contributed by atoms with van der Waals surface area (Å²) in [6, 6.07) is 6.50. The predicted molar refractivity (Wildman–Crippen MR) is 100 cm³/mol. The van der Waals surface area contributed by atoms with E-state index in [2.05, 4.69) is 10.6 Å². The van der Waals surface area contributed by atoms with Crippen LogP contribution in [-0.2, 0) is 11.3 Å². The molecule has 0 aromatic heterocycles. The monoisotopic (exact) mass is 348 g/mol. The van der Waals surface area contributed by atoms with Crippen LogP contribution in [0.2, 0.25) is 0 Å². The van der Waals surface area contributed by atoms with E-state index in [0.29, 0.717) is 17.5 Å². The third-order valence-electron chi connectivity index (χ3n) is 4.30. The molecule has 1 aromatic rings. The van der Waals surface area contributed by atoms with Crippen molar-refractivity contribution in [3.63, 3.8) is 0 Å². The zero-order valence-electron chi connectivity index (χ0n) is 16.0. The molecule has 1 aliphatic carbocycles. The van der Waals surface area contributed by atoms with Crippen LogP contribution in [0.1, 0.15) is 58.4 Å². The third-order valence-corrected chi connectivity index (χ3v) is 4.30. The lowest BCUT2D eigenvalue weighted by molar-refractivity contribution is -0.124. The molecule has 0 bridgehead atoms. The van der Waals surface area contributed by atoms with E-state index in [1.54, 1.807) is 7.11 Å². The van der Waals surface area contributed by atoms with Crippen LogP contribution in [0.4, 0.5) is 0 Å². The summed E-state index contributed by atoms with van der Waals surface area (Å²) in [5.74, 6) is 1.11. The van der Waals surface area contributed by atoms with Gasteiger partial charge in [0.1, 0.15) is 0 Å². The number of ether oxygens (including phenoxy) is 2. The minimum Gasteiger partial charge on any atom is -0.493 e. The number of nitrogens with one attached hydrogen (secondary N) is 2. The number of carbonyl (C=O) groups excluding carboxylic acids is 1. The third kappa shape index (κ3) is 6.94. The molecule has 1 fully saturated rings. The van der Waals surface area contributed by atoms with Gasteiger partial charge in [0.15, 0.2) is 18.1 Å². The second kappa shape index (κ2) is 9.09. The Hall–Kier alpha value is -1.75. The molecular weight excluding hydrogens is 316 g/mol. The molecule has 1 aliphatic rings. The molecule has 0 heterocycles. The van der Waals surface area contributed by atoms with Crippen molar-refractivity contribution in [2.75, 3.05) is 13.7 Å². The van der Waals surface area contributed by atoms with Crippen molar-refractivity contribution >= 4 is 5.91 Å². The topological polar surface area (TPSA) is 59.6 Å². The van der Waals surface area contributed by atoms with Gasteiger partial charge in [-0.05, 0) is 51.3 Å². The summed E-state index contributed by atoms with van der Waals surface area (Å²) in [6.45, 7) is 6.64. The van der Waals surface area contributed by atoms with Gasteiger partial charge in [0.2, 0.25) is 0 Å². The average Bonchev–Trinajstić information content (AvgIpc) is 2.58. The molecular formula is C20H32N2O3. The summed E-state index contributed by atoms with van der Waals surface area (Å²) in [4.78, 5) is 11.9. The fourth-order valence-corrected chi connectivity index (χ4v) is 3.11. The first-order valence-electron chi connectivity index (χ1n) is 9.21. The van der Waals surface area contributed by atoms with Gasteiger partial charge in [0.05, 0.1) is 7.11 Å². The number of hydrogen-bond acceptors (Lipinski definition) is 4. The minimum absolute atomic E-state index is 0.0205. The standard InChI is InChI=1S/C20H32N2O3/c1-20(2,3)22-19(23)14-25-17-11-10-15(12-18(17)24-4)13-21-16-8-6-5-7-9-16/h10-12,16,21H,5-9,13-14H2,1-4H3,(H,22,23). The predicted octanol–water partition coefficient (Wildman–Crippen LogP) is 3.41. The van der Waals surface area contributed by atoms with Gasteiger partial charge in [0.25, 0.3) is 5.91 Å². The number of hydrogen-bond donors (Lipinski definition) is 2. The van der Waals surface area contributed by atoms with Crippen molar-refractivity contribution in [3.05, 3.63) is 23.8 Å². The maximum Gasteiger partial charge on any atom is 0.258 e. The van der Waals surface area contributed by atoms with E-state index >= 15 is 0 Å². The van der Waals surface area contributed by atoms with Gasteiger partial charge >= 0.3 is 0 Å². The van der Waals surface area contributed by atoms with Gasteiger partial charge < -0.3 is 20.1 Å². The molecule has 0 spiro atoms. The average molecular weight is 348 g/mol. The number of methoxy groups -OCH3 is 1. The van der Waals surface area contributed by atoms with Crippen LogP contribution < -0.4 is 20.1 Å². The number of carbonyl (C=O) groups is 1. The van der Waals surface area contributed by atoms with Crippen LogP contribution in [-0.4, -0.2) is 31.2 Å².